The van der Waals surface area contributed by atoms with Crippen LogP contribution >= 0.6 is 0 Å². The molecular weight excluding hydrogens is 280 g/mol. The van der Waals surface area contributed by atoms with E-state index in [0.29, 0.717) is 12.0 Å². The Kier molecular flexibility index (Phi) is 3.27. The molecule has 0 unspecified atom stereocenters. The molecule has 7 nitrogen and oxygen atoms in total. The highest BCUT2D eigenvalue weighted by atomic mass is 16.3. The van der Waals surface area contributed by atoms with Crippen molar-refractivity contribution in [3.63, 3.8) is 0 Å². The summed E-state index contributed by atoms with van der Waals surface area (Å²) in [5, 5.41) is 16.1. The molecule has 4 rings (SSSR count). The zero-order valence-electron chi connectivity index (χ0n) is 12.1. The van der Waals surface area contributed by atoms with Crippen LogP contribution in [0.3, 0.4) is 0 Å². The van der Waals surface area contributed by atoms with Gasteiger partial charge >= 0.3 is 0 Å². The standard InChI is InChI=1S/C15H18N6O/c22-11-3-1-10(2-4-11)19-15-17-6-5-13(20-15)12-9-18-21-8-7-16-14(12)21/h5-11,18,22H,1-4H2,(H,17,19,20). The summed E-state index contributed by atoms with van der Waals surface area (Å²) in [7, 11) is 0. The first-order valence-electron chi connectivity index (χ1n) is 7.58. The molecule has 0 aromatic carbocycles. The van der Waals surface area contributed by atoms with E-state index in [4.69, 9.17) is 0 Å². The third-order valence-electron chi connectivity index (χ3n) is 4.19. The van der Waals surface area contributed by atoms with E-state index >= 15 is 0 Å². The van der Waals surface area contributed by atoms with Crippen LogP contribution in [0.2, 0.25) is 0 Å². The van der Waals surface area contributed by atoms with Crippen LogP contribution in [0.5, 0.6) is 0 Å². The van der Waals surface area contributed by atoms with E-state index in [1.807, 2.05) is 23.0 Å². The van der Waals surface area contributed by atoms with Gasteiger partial charge in [0.15, 0.2) is 5.65 Å². The number of H-pyrrole nitrogens is 1. The van der Waals surface area contributed by atoms with Crippen molar-refractivity contribution in [1.82, 2.24) is 24.6 Å². The molecule has 0 aliphatic heterocycles. The molecule has 0 bridgehead atoms. The second kappa shape index (κ2) is 5.42. The van der Waals surface area contributed by atoms with E-state index in [1.54, 1.807) is 12.4 Å². The van der Waals surface area contributed by atoms with E-state index in [1.165, 1.54) is 0 Å². The van der Waals surface area contributed by atoms with Gasteiger partial charge in [-0.1, -0.05) is 0 Å². The third-order valence-corrected chi connectivity index (χ3v) is 4.19. The van der Waals surface area contributed by atoms with Crippen LogP contribution in [0.4, 0.5) is 5.95 Å². The Bertz CT molecular complexity index is 771. The van der Waals surface area contributed by atoms with Gasteiger partial charge in [0.1, 0.15) is 0 Å². The molecular formula is C15H18N6O. The number of hydrogen-bond acceptors (Lipinski definition) is 5. The maximum absolute atomic E-state index is 9.57. The molecule has 3 N–H and O–H groups in total. The van der Waals surface area contributed by atoms with Crippen LogP contribution in [0, 0.1) is 0 Å². The van der Waals surface area contributed by atoms with Crippen LogP contribution in [0.1, 0.15) is 25.7 Å². The predicted octanol–water partition coefficient (Wildman–Crippen LogP) is 1.83. The number of aliphatic hydroxyl groups is 1. The molecule has 3 heterocycles. The summed E-state index contributed by atoms with van der Waals surface area (Å²) in [6, 6.07) is 2.21. The minimum absolute atomic E-state index is 0.154. The monoisotopic (exact) mass is 298 g/mol. The average Bonchev–Trinajstić information content (AvgIpc) is 3.13. The van der Waals surface area contributed by atoms with Crippen LogP contribution < -0.4 is 5.32 Å². The summed E-state index contributed by atoms with van der Waals surface area (Å²) in [6.45, 7) is 0. The lowest BCUT2D eigenvalue weighted by Gasteiger charge is -2.26. The Morgan fingerprint density at radius 1 is 1.18 bits per heavy atom. The SMILES string of the molecule is OC1CCC(Nc2nccc(-c3c[nH]n4ccnc34)n2)CC1. The Balaban J connectivity index is 1.57. The van der Waals surface area contributed by atoms with Crippen molar-refractivity contribution in [3.8, 4) is 11.3 Å². The van der Waals surface area contributed by atoms with Gasteiger partial charge in [-0.15, -0.1) is 0 Å². The van der Waals surface area contributed by atoms with E-state index in [9.17, 15) is 5.11 Å². The molecule has 0 amide bonds. The number of nitrogens with one attached hydrogen (secondary N) is 2. The quantitative estimate of drug-likeness (QED) is 0.686. The molecule has 3 aromatic heterocycles. The first-order valence-corrected chi connectivity index (χ1v) is 7.58. The average molecular weight is 298 g/mol. The lowest BCUT2D eigenvalue weighted by atomic mass is 9.93. The molecule has 1 fully saturated rings. The summed E-state index contributed by atoms with van der Waals surface area (Å²) >= 11 is 0. The highest BCUT2D eigenvalue weighted by Gasteiger charge is 2.20. The topological polar surface area (TPSA) is 91.1 Å². The summed E-state index contributed by atoms with van der Waals surface area (Å²) in [5.41, 5.74) is 2.64. The smallest absolute Gasteiger partial charge is 0.223 e. The number of anilines is 1. The van der Waals surface area contributed by atoms with Gasteiger partial charge in [-0.3, -0.25) is 5.10 Å². The fourth-order valence-corrected chi connectivity index (χ4v) is 2.97. The fraction of sp³-hybridized carbons (Fsp3) is 0.400. The second-order valence-corrected chi connectivity index (χ2v) is 5.72. The lowest BCUT2D eigenvalue weighted by Crippen LogP contribution is -2.28. The van der Waals surface area contributed by atoms with Crippen LogP contribution in [-0.4, -0.2) is 41.8 Å². The first kappa shape index (κ1) is 13.3. The molecule has 0 saturated heterocycles. The van der Waals surface area contributed by atoms with E-state index in [2.05, 4.69) is 25.4 Å². The molecule has 0 radical (unpaired) electrons. The molecule has 22 heavy (non-hydrogen) atoms. The van der Waals surface area contributed by atoms with Gasteiger partial charge in [0.25, 0.3) is 0 Å². The van der Waals surface area contributed by atoms with Crippen molar-refractivity contribution >= 4 is 11.6 Å². The van der Waals surface area contributed by atoms with Crippen molar-refractivity contribution < 1.29 is 5.11 Å². The van der Waals surface area contributed by atoms with Gasteiger partial charge in [0, 0.05) is 30.8 Å². The maximum Gasteiger partial charge on any atom is 0.223 e. The lowest BCUT2D eigenvalue weighted by molar-refractivity contribution is 0.126. The minimum atomic E-state index is -0.154. The molecule has 0 spiro atoms. The Morgan fingerprint density at radius 2 is 2.05 bits per heavy atom. The summed E-state index contributed by atoms with van der Waals surface area (Å²) in [4.78, 5) is 13.2. The zero-order valence-corrected chi connectivity index (χ0v) is 12.1. The molecule has 0 atom stereocenters. The Labute approximate surface area is 127 Å². The van der Waals surface area contributed by atoms with Gasteiger partial charge in [-0.2, -0.15) is 0 Å². The largest absolute Gasteiger partial charge is 0.393 e. The number of rotatable bonds is 3. The molecule has 114 valence electrons. The number of aromatic nitrogens is 5. The normalized spacial score (nSPS) is 22.0. The van der Waals surface area contributed by atoms with E-state index < -0.39 is 0 Å². The van der Waals surface area contributed by atoms with Crippen molar-refractivity contribution in [2.75, 3.05) is 5.32 Å². The van der Waals surface area contributed by atoms with Gasteiger partial charge < -0.3 is 10.4 Å². The number of aromatic amines is 1. The predicted molar refractivity (Wildman–Crippen MR) is 82.5 cm³/mol. The molecule has 7 heteroatoms. The van der Waals surface area contributed by atoms with Crippen molar-refractivity contribution in [3.05, 3.63) is 30.9 Å². The third kappa shape index (κ3) is 2.43. The van der Waals surface area contributed by atoms with Crippen LogP contribution in [-0.2, 0) is 0 Å². The van der Waals surface area contributed by atoms with Gasteiger partial charge in [0.05, 0.1) is 17.4 Å². The highest BCUT2D eigenvalue weighted by molar-refractivity contribution is 5.74. The number of hydrogen-bond donors (Lipinski definition) is 3. The number of nitrogens with zero attached hydrogens (tertiary/aromatic N) is 4. The fourth-order valence-electron chi connectivity index (χ4n) is 2.97. The summed E-state index contributed by atoms with van der Waals surface area (Å²) < 4.78 is 1.85. The molecule has 1 aliphatic carbocycles. The maximum atomic E-state index is 9.57. The van der Waals surface area contributed by atoms with Crippen molar-refractivity contribution in [1.29, 1.82) is 0 Å². The van der Waals surface area contributed by atoms with Gasteiger partial charge in [-0.05, 0) is 31.7 Å². The Hall–Kier alpha value is -2.41. The van der Waals surface area contributed by atoms with E-state index in [-0.39, 0.29) is 6.10 Å². The number of imidazole rings is 1. The summed E-state index contributed by atoms with van der Waals surface area (Å²) in [5.74, 6) is 0.629. The highest BCUT2D eigenvalue weighted by Crippen LogP contribution is 2.24. The number of fused-ring (bicyclic) bond motifs is 1. The minimum Gasteiger partial charge on any atom is -0.393 e. The first-order chi connectivity index (χ1) is 10.8. The number of aliphatic hydroxyl groups excluding tert-OH is 1. The second-order valence-electron chi connectivity index (χ2n) is 5.72. The van der Waals surface area contributed by atoms with Crippen molar-refractivity contribution in [2.45, 2.75) is 37.8 Å². The Morgan fingerprint density at radius 3 is 2.91 bits per heavy atom. The van der Waals surface area contributed by atoms with Crippen LogP contribution in [0.25, 0.3) is 16.9 Å². The zero-order chi connectivity index (χ0) is 14.9. The van der Waals surface area contributed by atoms with Gasteiger partial charge in [-0.25, -0.2) is 19.5 Å². The molecule has 3 aromatic rings. The summed E-state index contributed by atoms with van der Waals surface area (Å²) in [6.07, 6.45) is 10.7. The van der Waals surface area contributed by atoms with E-state index in [0.717, 1.165) is 42.6 Å². The van der Waals surface area contributed by atoms with Crippen LogP contribution in [0.15, 0.2) is 30.9 Å². The van der Waals surface area contributed by atoms with Crippen molar-refractivity contribution in [2.24, 2.45) is 0 Å². The molecule has 1 aliphatic rings. The van der Waals surface area contributed by atoms with Gasteiger partial charge in [0.2, 0.25) is 5.95 Å². The molecule has 1 saturated carbocycles.